The Hall–Kier alpha value is -1.40. The number of carbonyl (C=O) groups is 1. The zero-order valence-corrected chi connectivity index (χ0v) is 12.5. The number of carbonyl (C=O) groups excluding carboxylic acids is 1. The summed E-state index contributed by atoms with van der Waals surface area (Å²) in [5, 5.41) is 4.53. The maximum absolute atomic E-state index is 12.0. The third-order valence-electron chi connectivity index (χ3n) is 3.72. The molecule has 6 heteroatoms. The number of likely N-dealkylation sites (N-methyl/N-ethyl adjacent to an activating group) is 1. The van der Waals surface area contributed by atoms with E-state index >= 15 is 0 Å². The molecule has 0 aromatic carbocycles. The van der Waals surface area contributed by atoms with Crippen LogP contribution in [-0.4, -0.2) is 54.5 Å². The van der Waals surface area contributed by atoms with E-state index in [-0.39, 0.29) is 5.91 Å². The van der Waals surface area contributed by atoms with E-state index in [1.54, 1.807) is 19.1 Å². The summed E-state index contributed by atoms with van der Waals surface area (Å²) in [5.41, 5.74) is 3.41. The maximum atomic E-state index is 12.0. The molecule has 6 nitrogen and oxygen atoms in total. The average molecular weight is 281 g/mol. The summed E-state index contributed by atoms with van der Waals surface area (Å²) in [6.45, 7) is 2.56. The van der Waals surface area contributed by atoms with Gasteiger partial charge in [-0.25, -0.2) is 0 Å². The zero-order chi connectivity index (χ0) is 14.5. The van der Waals surface area contributed by atoms with Crippen molar-refractivity contribution in [2.75, 3.05) is 33.9 Å². The minimum atomic E-state index is 0.123. The Morgan fingerprint density at radius 2 is 2.35 bits per heavy atom. The van der Waals surface area contributed by atoms with Gasteiger partial charge >= 0.3 is 0 Å². The Morgan fingerprint density at radius 1 is 1.55 bits per heavy atom. The number of aryl methyl sites for hydroxylation is 2. The number of hydrogen-bond acceptors (Lipinski definition) is 4. The van der Waals surface area contributed by atoms with Gasteiger partial charge in [0.1, 0.15) is 0 Å². The van der Waals surface area contributed by atoms with E-state index in [9.17, 15) is 4.79 Å². The van der Waals surface area contributed by atoms with Crippen LogP contribution >= 0.6 is 0 Å². The van der Waals surface area contributed by atoms with Gasteiger partial charge in [-0.05, 0) is 0 Å². The van der Waals surface area contributed by atoms with Gasteiger partial charge in [-0.2, -0.15) is 5.10 Å². The molecular formula is C14H23N3O3. The first-order valence-corrected chi connectivity index (χ1v) is 6.97. The molecule has 0 radical (unpaired) electrons. The molecule has 0 aliphatic carbocycles. The fraction of sp³-hybridized carbons (Fsp3) is 0.714. The Labute approximate surface area is 119 Å². The number of methoxy groups -OCH3 is 1. The van der Waals surface area contributed by atoms with E-state index < -0.39 is 0 Å². The van der Waals surface area contributed by atoms with Crippen LogP contribution in [0.3, 0.4) is 0 Å². The summed E-state index contributed by atoms with van der Waals surface area (Å²) in [4.78, 5) is 13.7. The lowest BCUT2D eigenvalue weighted by Crippen LogP contribution is -2.30. The Bertz CT molecular complexity index is 470. The van der Waals surface area contributed by atoms with E-state index in [2.05, 4.69) is 5.10 Å². The highest BCUT2D eigenvalue weighted by Gasteiger charge is 2.20. The molecule has 0 atom stereocenters. The molecule has 20 heavy (non-hydrogen) atoms. The van der Waals surface area contributed by atoms with Crippen LogP contribution in [0.2, 0.25) is 0 Å². The van der Waals surface area contributed by atoms with Crippen LogP contribution in [0.25, 0.3) is 0 Å². The van der Waals surface area contributed by atoms with Gasteiger partial charge < -0.3 is 14.4 Å². The van der Waals surface area contributed by atoms with Crippen LogP contribution in [0.4, 0.5) is 0 Å². The third-order valence-corrected chi connectivity index (χ3v) is 3.72. The molecule has 1 aromatic heterocycles. The second-order valence-corrected chi connectivity index (χ2v) is 5.11. The molecular weight excluding hydrogens is 258 g/mol. The maximum Gasteiger partial charge on any atom is 0.222 e. The first-order valence-electron chi connectivity index (χ1n) is 6.97. The molecule has 0 saturated carbocycles. The largest absolute Gasteiger partial charge is 0.383 e. The Balaban J connectivity index is 1.92. The molecule has 0 N–H and O–H groups in total. The van der Waals surface area contributed by atoms with Gasteiger partial charge in [-0.15, -0.1) is 0 Å². The minimum Gasteiger partial charge on any atom is -0.383 e. The van der Waals surface area contributed by atoms with Crippen molar-refractivity contribution in [1.29, 1.82) is 0 Å². The number of ether oxygens (including phenoxy) is 2. The van der Waals surface area contributed by atoms with Gasteiger partial charge in [0.25, 0.3) is 0 Å². The number of amides is 1. The van der Waals surface area contributed by atoms with Crippen molar-refractivity contribution in [3.63, 3.8) is 0 Å². The zero-order valence-electron chi connectivity index (χ0n) is 12.5. The summed E-state index contributed by atoms with van der Waals surface area (Å²) in [5.74, 6) is 0.123. The molecule has 1 amide bonds. The van der Waals surface area contributed by atoms with E-state index in [1.807, 2.05) is 11.7 Å². The van der Waals surface area contributed by atoms with Crippen molar-refractivity contribution in [3.8, 4) is 0 Å². The molecule has 0 unspecified atom stereocenters. The van der Waals surface area contributed by atoms with Crippen LogP contribution < -0.4 is 0 Å². The van der Waals surface area contributed by atoms with Crippen LogP contribution in [0, 0.1) is 0 Å². The summed E-state index contributed by atoms with van der Waals surface area (Å²) in [7, 11) is 5.40. The molecule has 0 bridgehead atoms. The van der Waals surface area contributed by atoms with Gasteiger partial charge in [0, 0.05) is 58.3 Å². The molecule has 0 saturated heterocycles. The summed E-state index contributed by atoms with van der Waals surface area (Å²) >= 11 is 0. The van der Waals surface area contributed by atoms with Gasteiger partial charge in [-0.3, -0.25) is 9.48 Å². The van der Waals surface area contributed by atoms with E-state index in [0.717, 1.165) is 18.7 Å². The highest BCUT2D eigenvalue weighted by atomic mass is 16.5. The molecule has 2 rings (SSSR count). The number of fused-ring (bicyclic) bond motifs is 1. The van der Waals surface area contributed by atoms with Gasteiger partial charge in [0.2, 0.25) is 5.91 Å². The first kappa shape index (κ1) is 15.0. The summed E-state index contributed by atoms with van der Waals surface area (Å²) < 4.78 is 12.4. The second-order valence-electron chi connectivity index (χ2n) is 5.11. The highest BCUT2D eigenvalue weighted by molar-refractivity contribution is 5.76. The van der Waals surface area contributed by atoms with Crippen LogP contribution in [0.5, 0.6) is 0 Å². The lowest BCUT2D eigenvalue weighted by atomic mass is 10.1. The van der Waals surface area contributed by atoms with Crippen molar-refractivity contribution in [2.45, 2.75) is 25.9 Å². The predicted molar refractivity (Wildman–Crippen MR) is 74.4 cm³/mol. The Kier molecular flexibility index (Phi) is 5.14. The van der Waals surface area contributed by atoms with Gasteiger partial charge in [-0.1, -0.05) is 0 Å². The SMILES string of the molecule is COCCN(C)C(=O)CCc1nn(C)c2c1COCC2. The fourth-order valence-electron chi connectivity index (χ4n) is 2.46. The number of hydrogen-bond donors (Lipinski definition) is 0. The number of rotatable bonds is 6. The van der Waals surface area contributed by atoms with Crippen molar-refractivity contribution in [1.82, 2.24) is 14.7 Å². The van der Waals surface area contributed by atoms with E-state index in [0.29, 0.717) is 32.6 Å². The van der Waals surface area contributed by atoms with Crippen LogP contribution in [0.1, 0.15) is 23.4 Å². The molecule has 1 aliphatic heterocycles. The fourth-order valence-corrected chi connectivity index (χ4v) is 2.46. The van der Waals surface area contributed by atoms with Crippen molar-refractivity contribution in [2.24, 2.45) is 7.05 Å². The monoisotopic (exact) mass is 281 g/mol. The van der Waals surface area contributed by atoms with Crippen LogP contribution in [-0.2, 0) is 40.8 Å². The molecule has 1 aromatic rings. The lowest BCUT2D eigenvalue weighted by molar-refractivity contribution is -0.130. The van der Waals surface area contributed by atoms with Crippen molar-refractivity contribution >= 4 is 5.91 Å². The van der Waals surface area contributed by atoms with Crippen molar-refractivity contribution < 1.29 is 14.3 Å². The lowest BCUT2D eigenvalue weighted by Gasteiger charge is -2.16. The standard InChI is InChI=1S/C14H23N3O3/c1-16(7-9-19-3)14(18)5-4-12-11-10-20-8-6-13(11)17(2)15-12/h4-10H2,1-3H3. The summed E-state index contributed by atoms with van der Waals surface area (Å²) in [6, 6.07) is 0. The predicted octanol–water partition coefficient (Wildman–Crippen LogP) is 0.530. The molecule has 1 aliphatic rings. The molecule has 112 valence electrons. The second kappa shape index (κ2) is 6.85. The topological polar surface area (TPSA) is 56.6 Å². The normalized spacial score (nSPS) is 14.2. The molecule has 0 spiro atoms. The molecule has 0 fully saturated rings. The number of aromatic nitrogens is 2. The third kappa shape index (κ3) is 3.37. The van der Waals surface area contributed by atoms with Gasteiger partial charge in [0.05, 0.1) is 25.5 Å². The number of nitrogens with zero attached hydrogens (tertiary/aromatic N) is 3. The highest BCUT2D eigenvalue weighted by Crippen LogP contribution is 2.21. The minimum absolute atomic E-state index is 0.123. The van der Waals surface area contributed by atoms with Crippen molar-refractivity contribution in [3.05, 3.63) is 17.0 Å². The first-order chi connectivity index (χ1) is 9.63. The van der Waals surface area contributed by atoms with Gasteiger partial charge in [0.15, 0.2) is 0 Å². The van der Waals surface area contributed by atoms with E-state index in [1.165, 1.54) is 11.3 Å². The quantitative estimate of drug-likeness (QED) is 0.763. The Morgan fingerprint density at radius 3 is 3.10 bits per heavy atom. The van der Waals surface area contributed by atoms with E-state index in [4.69, 9.17) is 9.47 Å². The average Bonchev–Trinajstić information content (AvgIpc) is 2.79. The molecule has 2 heterocycles. The van der Waals surface area contributed by atoms with Crippen LogP contribution in [0.15, 0.2) is 0 Å². The summed E-state index contributed by atoms with van der Waals surface area (Å²) in [6.07, 6.45) is 2.05. The smallest absolute Gasteiger partial charge is 0.222 e.